The summed E-state index contributed by atoms with van der Waals surface area (Å²) in [6.45, 7) is 2.64. The first-order valence-corrected chi connectivity index (χ1v) is 11.9. The van der Waals surface area contributed by atoms with Crippen molar-refractivity contribution >= 4 is 27.3 Å². The van der Waals surface area contributed by atoms with Crippen LogP contribution in [0.15, 0.2) is 47.4 Å². The van der Waals surface area contributed by atoms with E-state index in [1.54, 1.807) is 18.2 Å². The van der Waals surface area contributed by atoms with E-state index in [9.17, 15) is 17.6 Å². The van der Waals surface area contributed by atoms with Gasteiger partial charge in [-0.05, 0) is 62.1 Å². The Kier molecular flexibility index (Phi) is 6.06. The molecule has 2 fully saturated rings. The molecule has 2 saturated heterocycles. The predicted octanol–water partition coefficient (Wildman–Crippen LogP) is 3.85. The summed E-state index contributed by atoms with van der Waals surface area (Å²) in [5.74, 6) is -0.896. The maximum absolute atomic E-state index is 13.5. The summed E-state index contributed by atoms with van der Waals surface area (Å²) >= 11 is 0. The summed E-state index contributed by atoms with van der Waals surface area (Å²) in [5.41, 5.74) is 1.33. The highest BCUT2D eigenvalue weighted by molar-refractivity contribution is 7.89. The fourth-order valence-electron chi connectivity index (χ4n) is 4.11. The fraction of sp³-hybridized carbons (Fsp3) is 0.409. The molecule has 1 amide bonds. The Bertz CT molecular complexity index is 1030. The fourth-order valence-corrected chi connectivity index (χ4v) is 5.65. The summed E-state index contributed by atoms with van der Waals surface area (Å²) < 4.78 is 41.3. The highest BCUT2D eigenvalue weighted by atomic mass is 32.2. The van der Waals surface area contributed by atoms with Gasteiger partial charge in [-0.25, -0.2) is 12.8 Å². The SMILES string of the molecule is O=C(Nc1cccc(F)c1)c1cc(S(=O)(=O)N2CCCCC2)ccc1N1CCCC1. The predicted molar refractivity (Wildman–Crippen MR) is 115 cm³/mol. The quantitative estimate of drug-likeness (QED) is 0.781. The third-order valence-electron chi connectivity index (χ3n) is 5.69. The van der Waals surface area contributed by atoms with Crippen molar-refractivity contribution < 1.29 is 17.6 Å². The van der Waals surface area contributed by atoms with Crippen LogP contribution in [-0.2, 0) is 10.0 Å². The van der Waals surface area contributed by atoms with Gasteiger partial charge in [-0.1, -0.05) is 12.5 Å². The number of anilines is 2. The van der Waals surface area contributed by atoms with Crippen LogP contribution in [0.4, 0.5) is 15.8 Å². The number of halogens is 1. The molecular formula is C22H26FN3O3S. The van der Waals surface area contributed by atoms with E-state index in [1.807, 2.05) is 0 Å². The van der Waals surface area contributed by atoms with Crippen LogP contribution >= 0.6 is 0 Å². The van der Waals surface area contributed by atoms with E-state index in [-0.39, 0.29) is 4.90 Å². The molecule has 2 aliphatic rings. The third-order valence-corrected chi connectivity index (χ3v) is 7.59. The minimum absolute atomic E-state index is 0.122. The molecule has 0 radical (unpaired) electrons. The van der Waals surface area contributed by atoms with Gasteiger partial charge in [0.1, 0.15) is 5.82 Å². The Hall–Kier alpha value is -2.45. The van der Waals surface area contributed by atoms with Crippen molar-refractivity contribution in [3.8, 4) is 0 Å². The van der Waals surface area contributed by atoms with E-state index in [1.165, 1.54) is 28.6 Å². The summed E-state index contributed by atoms with van der Waals surface area (Å²) in [6, 6.07) is 10.4. The highest BCUT2D eigenvalue weighted by Gasteiger charge is 2.28. The molecule has 0 unspecified atom stereocenters. The maximum atomic E-state index is 13.5. The van der Waals surface area contributed by atoms with Gasteiger partial charge < -0.3 is 10.2 Å². The Balaban J connectivity index is 1.70. The lowest BCUT2D eigenvalue weighted by Crippen LogP contribution is -2.35. The molecule has 2 aromatic carbocycles. The number of hydrogen-bond donors (Lipinski definition) is 1. The molecule has 1 N–H and O–H groups in total. The lowest BCUT2D eigenvalue weighted by atomic mass is 10.1. The van der Waals surface area contributed by atoms with Crippen LogP contribution in [0.2, 0.25) is 0 Å². The van der Waals surface area contributed by atoms with Gasteiger partial charge in [-0.15, -0.1) is 0 Å². The van der Waals surface area contributed by atoms with Gasteiger partial charge in [0, 0.05) is 37.6 Å². The number of nitrogens with one attached hydrogen (secondary N) is 1. The van der Waals surface area contributed by atoms with Crippen LogP contribution in [0.3, 0.4) is 0 Å². The summed E-state index contributed by atoms with van der Waals surface area (Å²) in [5, 5.41) is 2.71. The molecule has 0 atom stereocenters. The van der Waals surface area contributed by atoms with Gasteiger partial charge >= 0.3 is 0 Å². The molecule has 0 saturated carbocycles. The Labute approximate surface area is 176 Å². The number of sulfonamides is 1. The molecule has 8 heteroatoms. The number of amides is 1. The molecule has 0 aromatic heterocycles. The van der Waals surface area contributed by atoms with Crippen LogP contribution < -0.4 is 10.2 Å². The zero-order valence-electron chi connectivity index (χ0n) is 16.8. The second kappa shape index (κ2) is 8.73. The topological polar surface area (TPSA) is 69.7 Å². The van der Waals surface area contributed by atoms with Gasteiger partial charge in [-0.2, -0.15) is 4.31 Å². The van der Waals surface area contributed by atoms with E-state index < -0.39 is 21.7 Å². The average Bonchev–Trinajstić information content (AvgIpc) is 3.29. The van der Waals surface area contributed by atoms with Gasteiger partial charge in [0.2, 0.25) is 10.0 Å². The number of piperidine rings is 1. The Morgan fingerprint density at radius 1 is 0.900 bits per heavy atom. The molecule has 2 heterocycles. The largest absolute Gasteiger partial charge is 0.371 e. The first-order chi connectivity index (χ1) is 14.4. The van der Waals surface area contributed by atoms with Gasteiger partial charge in [0.25, 0.3) is 5.91 Å². The van der Waals surface area contributed by atoms with Crippen LogP contribution in [0.25, 0.3) is 0 Å². The molecular weight excluding hydrogens is 405 g/mol. The normalized spacial score (nSPS) is 17.8. The van der Waals surface area contributed by atoms with Crippen LogP contribution in [0.1, 0.15) is 42.5 Å². The minimum Gasteiger partial charge on any atom is -0.371 e. The number of benzene rings is 2. The summed E-state index contributed by atoms with van der Waals surface area (Å²) in [7, 11) is -3.66. The minimum atomic E-state index is -3.66. The monoisotopic (exact) mass is 431 g/mol. The number of hydrogen-bond acceptors (Lipinski definition) is 4. The second-order valence-electron chi connectivity index (χ2n) is 7.80. The van der Waals surface area contributed by atoms with E-state index in [0.29, 0.717) is 30.0 Å². The summed E-state index contributed by atoms with van der Waals surface area (Å²) in [6.07, 6.45) is 4.77. The molecule has 6 nitrogen and oxygen atoms in total. The van der Waals surface area contributed by atoms with E-state index >= 15 is 0 Å². The standard InChI is InChI=1S/C22H26FN3O3S/c23-17-7-6-8-18(15-17)24-22(27)20-16-19(9-10-21(20)25-11-4-5-12-25)30(28,29)26-13-2-1-3-14-26/h6-10,15-16H,1-5,11-14H2,(H,24,27). The smallest absolute Gasteiger partial charge is 0.257 e. The van der Waals surface area contributed by atoms with E-state index in [4.69, 9.17) is 0 Å². The summed E-state index contributed by atoms with van der Waals surface area (Å²) in [4.78, 5) is 15.3. The number of carbonyl (C=O) groups excluding carboxylic acids is 1. The van der Waals surface area contributed by atoms with Gasteiger partial charge in [-0.3, -0.25) is 4.79 Å². The number of carbonyl (C=O) groups is 1. The number of nitrogens with zero attached hydrogens (tertiary/aromatic N) is 2. The second-order valence-corrected chi connectivity index (χ2v) is 9.74. The average molecular weight is 432 g/mol. The lowest BCUT2D eigenvalue weighted by Gasteiger charge is -2.27. The molecule has 0 bridgehead atoms. The molecule has 0 spiro atoms. The van der Waals surface area contributed by atoms with Gasteiger partial charge in [0.05, 0.1) is 10.5 Å². The molecule has 0 aliphatic carbocycles. The van der Waals surface area contributed by atoms with Crippen molar-refractivity contribution in [1.82, 2.24) is 4.31 Å². The first-order valence-electron chi connectivity index (χ1n) is 10.4. The van der Waals surface area contributed by atoms with Crippen LogP contribution in [-0.4, -0.2) is 44.8 Å². The number of rotatable bonds is 5. The van der Waals surface area contributed by atoms with Crippen molar-refractivity contribution in [2.24, 2.45) is 0 Å². The van der Waals surface area contributed by atoms with Crippen LogP contribution in [0.5, 0.6) is 0 Å². The van der Waals surface area contributed by atoms with Crippen LogP contribution in [0, 0.1) is 5.82 Å². The van der Waals surface area contributed by atoms with Crippen molar-refractivity contribution in [3.05, 3.63) is 53.8 Å². The van der Waals surface area contributed by atoms with Crippen molar-refractivity contribution in [2.45, 2.75) is 37.0 Å². The molecule has 2 aliphatic heterocycles. The van der Waals surface area contributed by atoms with Crippen molar-refractivity contribution in [1.29, 1.82) is 0 Å². The third kappa shape index (κ3) is 4.34. The molecule has 2 aromatic rings. The van der Waals surface area contributed by atoms with Crippen molar-refractivity contribution in [3.63, 3.8) is 0 Å². The van der Waals surface area contributed by atoms with Gasteiger partial charge in [0.15, 0.2) is 0 Å². The Morgan fingerprint density at radius 2 is 1.60 bits per heavy atom. The Morgan fingerprint density at radius 3 is 2.30 bits per heavy atom. The van der Waals surface area contributed by atoms with E-state index in [2.05, 4.69) is 10.2 Å². The van der Waals surface area contributed by atoms with Crippen molar-refractivity contribution in [2.75, 3.05) is 36.4 Å². The first kappa shape index (κ1) is 20.8. The highest BCUT2D eigenvalue weighted by Crippen LogP contribution is 2.30. The molecule has 4 rings (SSSR count). The molecule has 160 valence electrons. The maximum Gasteiger partial charge on any atom is 0.257 e. The molecule has 30 heavy (non-hydrogen) atoms. The lowest BCUT2D eigenvalue weighted by molar-refractivity contribution is 0.102. The zero-order chi connectivity index (χ0) is 21.1. The zero-order valence-corrected chi connectivity index (χ0v) is 17.6. The van der Waals surface area contributed by atoms with E-state index in [0.717, 1.165) is 45.2 Å².